The maximum Gasteiger partial charge on any atom is 0.239 e. The molecule has 53 heavy (non-hydrogen) atoms. The van der Waals surface area contributed by atoms with Gasteiger partial charge in [-0.1, -0.05) is 154 Å². The van der Waals surface area contributed by atoms with Gasteiger partial charge in [0.2, 0.25) is 5.91 Å². The van der Waals surface area contributed by atoms with Crippen LogP contribution in [0.3, 0.4) is 0 Å². The lowest BCUT2D eigenvalue weighted by atomic mass is 9.98. The highest BCUT2D eigenvalue weighted by Gasteiger charge is 2.36. The molecule has 0 spiro atoms. The van der Waals surface area contributed by atoms with Crippen LogP contribution in [0, 0.1) is 11.8 Å². The molecule has 0 aromatic carbocycles. The molecule has 0 saturated carbocycles. The fourth-order valence-electron chi connectivity index (χ4n) is 7.56. The maximum atomic E-state index is 13.1. The van der Waals surface area contributed by atoms with Gasteiger partial charge in [-0.15, -0.1) is 0 Å². The predicted molar refractivity (Wildman–Crippen MR) is 230 cm³/mol. The normalized spacial score (nSPS) is 16.9. The molecule has 1 fully saturated rings. The number of nitrogens with two attached hydrogens (primary N) is 2. The summed E-state index contributed by atoms with van der Waals surface area (Å²) in [6.45, 7) is 9.62. The van der Waals surface area contributed by atoms with Crippen molar-refractivity contribution in [2.75, 3.05) is 46.1 Å². The highest BCUT2D eigenvalue weighted by Crippen LogP contribution is 2.26. The first-order valence-electron chi connectivity index (χ1n) is 23.3. The van der Waals surface area contributed by atoms with Crippen LogP contribution >= 0.6 is 0 Å². The van der Waals surface area contributed by atoms with Gasteiger partial charge in [-0.2, -0.15) is 0 Å². The third-order valence-electron chi connectivity index (χ3n) is 11.2. The molecule has 3 atom stereocenters. The van der Waals surface area contributed by atoms with Gasteiger partial charge in [0.1, 0.15) is 0 Å². The number of hydrogen-bond acceptors (Lipinski definition) is 5. The number of allylic oxidation sites excluding steroid dienone is 4. The molecule has 6 nitrogen and oxygen atoms in total. The second kappa shape index (κ2) is 39.0. The molecule has 0 aliphatic carbocycles. The molecule has 0 aromatic rings. The van der Waals surface area contributed by atoms with Crippen molar-refractivity contribution in [2.45, 2.75) is 213 Å². The van der Waals surface area contributed by atoms with E-state index in [2.05, 4.69) is 38.2 Å². The molecule has 1 saturated heterocycles. The van der Waals surface area contributed by atoms with E-state index in [0.717, 1.165) is 45.6 Å². The van der Waals surface area contributed by atoms with Gasteiger partial charge in [-0.3, -0.25) is 4.79 Å². The standard InChI is InChI=1S/C47H91N3O3/c1-3-5-7-9-11-13-15-17-19-21-23-25-27-29-31-33-38-52-42-44-40-50(47(51)46(49)36-35-37-48)41-45(44)43-53-39-34-32-30-28-26-24-22-20-18-16-14-12-10-8-6-4-2/h17-20,44-46H,3-16,21-43,48-49H2,1-2H3/t44-,45-,46-/m0/s1. The summed E-state index contributed by atoms with van der Waals surface area (Å²) < 4.78 is 12.4. The molecule has 1 aliphatic heterocycles. The first-order chi connectivity index (χ1) is 26.1. The SMILES string of the molecule is CCCCCCCCC=CCCCCCCCCOC[C@@H]1CN(C(=O)[C@@H](N)CCCN)C[C@H]1COCCCCCCCCC=CCCCCCCCC. The second-order valence-electron chi connectivity index (χ2n) is 16.3. The lowest BCUT2D eigenvalue weighted by Crippen LogP contribution is -2.43. The topological polar surface area (TPSA) is 90.8 Å². The van der Waals surface area contributed by atoms with Crippen molar-refractivity contribution in [1.29, 1.82) is 0 Å². The Hall–Kier alpha value is -1.21. The molecule has 0 bridgehead atoms. The van der Waals surface area contributed by atoms with Crippen LogP contribution < -0.4 is 11.5 Å². The number of ether oxygens (including phenoxy) is 2. The zero-order valence-corrected chi connectivity index (χ0v) is 35.5. The maximum absolute atomic E-state index is 13.1. The van der Waals surface area contributed by atoms with E-state index in [-0.39, 0.29) is 5.91 Å². The molecular weight excluding hydrogens is 655 g/mol. The van der Waals surface area contributed by atoms with Crippen LogP contribution in [0.25, 0.3) is 0 Å². The molecule has 1 aliphatic rings. The van der Waals surface area contributed by atoms with Crippen LogP contribution in [0.5, 0.6) is 0 Å². The lowest BCUT2D eigenvalue weighted by molar-refractivity contribution is -0.132. The Labute approximate surface area is 330 Å². The summed E-state index contributed by atoms with van der Waals surface area (Å²) in [6, 6.07) is -0.456. The fraction of sp³-hybridized carbons (Fsp3) is 0.894. The van der Waals surface area contributed by atoms with Gasteiger partial charge in [-0.05, 0) is 83.6 Å². The van der Waals surface area contributed by atoms with E-state index >= 15 is 0 Å². The van der Waals surface area contributed by atoms with Gasteiger partial charge in [0.05, 0.1) is 19.3 Å². The summed E-state index contributed by atoms with van der Waals surface area (Å²) >= 11 is 0. The van der Waals surface area contributed by atoms with E-state index in [1.807, 2.05) is 4.90 Å². The minimum atomic E-state index is -0.456. The van der Waals surface area contributed by atoms with Crippen molar-refractivity contribution in [1.82, 2.24) is 4.90 Å². The molecular formula is C47H91N3O3. The average molecular weight is 746 g/mol. The second-order valence-corrected chi connectivity index (χ2v) is 16.3. The quantitative estimate of drug-likeness (QED) is 0.0481. The zero-order chi connectivity index (χ0) is 38.3. The smallest absolute Gasteiger partial charge is 0.239 e. The minimum Gasteiger partial charge on any atom is -0.381 e. The van der Waals surface area contributed by atoms with E-state index < -0.39 is 6.04 Å². The largest absolute Gasteiger partial charge is 0.381 e. The summed E-state index contributed by atoms with van der Waals surface area (Å²) in [4.78, 5) is 15.1. The lowest BCUT2D eigenvalue weighted by Gasteiger charge is -2.21. The van der Waals surface area contributed by atoms with E-state index in [1.54, 1.807) is 0 Å². The molecule has 0 aromatic heterocycles. The number of unbranched alkanes of at least 4 members (excludes halogenated alkanes) is 24. The monoisotopic (exact) mass is 746 g/mol. The molecule has 312 valence electrons. The average Bonchev–Trinajstić information content (AvgIpc) is 3.58. The highest BCUT2D eigenvalue weighted by atomic mass is 16.5. The number of rotatable bonds is 40. The molecule has 4 N–H and O–H groups in total. The molecule has 1 heterocycles. The van der Waals surface area contributed by atoms with E-state index in [0.29, 0.717) is 38.0 Å². The van der Waals surface area contributed by atoms with Crippen molar-refractivity contribution in [3.8, 4) is 0 Å². The van der Waals surface area contributed by atoms with Gasteiger partial charge in [0.25, 0.3) is 0 Å². The van der Waals surface area contributed by atoms with Crippen LogP contribution in [0.4, 0.5) is 0 Å². The summed E-state index contributed by atoms with van der Waals surface area (Å²) in [5, 5.41) is 0. The van der Waals surface area contributed by atoms with Crippen molar-refractivity contribution >= 4 is 5.91 Å². The highest BCUT2D eigenvalue weighted by molar-refractivity contribution is 5.81. The van der Waals surface area contributed by atoms with E-state index in [4.69, 9.17) is 20.9 Å². The van der Waals surface area contributed by atoms with Crippen molar-refractivity contribution < 1.29 is 14.3 Å². The van der Waals surface area contributed by atoms with Gasteiger partial charge >= 0.3 is 0 Å². The fourth-order valence-corrected chi connectivity index (χ4v) is 7.56. The Morgan fingerprint density at radius 3 is 1.25 bits per heavy atom. The minimum absolute atomic E-state index is 0.0625. The summed E-state index contributed by atoms with van der Waals surface area (Å²) in [7, 11) is 0. The molecule has 0 radical (unpaired) electrons. The number of likely N-dealkylation sites (tertiary alicyclic amines) is 1. The van der Waals surface area contributed by atoms with Gasteiger partial charge in [-0.25, -0.2) is 0 Å². The van der Waals surface area contributed by atoms with Gasteiger partial charge < -0.3 is 25.8 Å². The van der Waals surface area contributed by atoms with E-state index in [9.17, 15) is 4.79 Å². The van der Waals surface area contributed by atoms with Crippen molar-refractivity contribution in [3.05, 3.63) is 24.3 Å². The Morgan fingerprint density at radius 2 is 0.887 bits per heavy atom. The third-order valence-corrected chi connectivity index (χ3v) is 11.2. The summed E-state index contributed by atoms with van der Waals surface area (Å²) in [6.07, 6.45) is 47.9. The Balaban J connectivity index is 2.16. The number of carbonyl (C=O) groups is 1. The third kappa shape index (κ3) is 30.7. The van der Waals surface area contributed by atoms with Crippen LogP contribution in [-0.2, 0) is 14.3 Å². The van der Waals surface area contributed by atoms with Gasteiger partial charge in [0.15, 0.2) is 0 Å². The van der Waals surface area contributed by atoms with Crippen LogP contribution in [0.15, 0.2) is 24.3 Å². The first-order valence-corrected chi connectivity index (χ1v) is 23.3. The van der Waals surface area contributed by atoms with Crippen molar-refractivity contribution in [3.63, 3.8) is 0 Å². The molecule has 6 heteroatoms. The Bertz CT molecular complexity index is 780. The number of nitrogens with zero attached hydrogens (tertiary/aromatic N) is 1. The molecule has 1 rings (SSSR count). The van der Waals surface area contributed by atoms with Gasteiger partial charge in [0, 0.05) is 38.1 Å². The molecule has 1 amide bonds. The van der Waals surface area contributed by atoms with Crippen LogP contribution in [-0.4, -0.2) is 62.9 Å². The van der Waals surface area contributed by atoms with E-state index in [1.165, 1.54) is 167 Å². The van der Waals surface area contributed by atoms with Crippen LogP contribution in [0.1, 0.15) is 206 Å². The Kier molecular flexibility index (Phi) is 36.7. The van der Waals surface area contributed by atoms with Crippen molar-refractivity contribution in [2.24, 2.45) is 23.3 Å². The number of amides is 1. The predicted octanol–water partition coefficient (Wildman–Crippen LogP) is 12.2. The number of carbonyl (C=O) groups excluding carboxylic acids is 1. The summed E-state index contributed by atoms with van der Waals surface area (Å²) in [5.74, 6) is 0.691. The Morgan fingerprint density at radius 1 is 0.547 bits per heavy atom. The molecule has 0 unspecified atom stereocenters. The first kappa shape index (κ1) is 49.8. The zero-order valence-electron chi connectivity index (χ0n) is 35.5. The number of hydrogen-bond donors (Lipinski definition) is 2. The van der Waals surface area contributed by atoms with Crippen LogP contribution in [0.2, 0.25) is 0 Å². The summed E-state index contributed by atoms with van der Waals surface area (Å²) in [5.41, 5.74) is 11.9.